The molecule has 1 aliphatic rings. The normalized spacial score (nSPS) is 12.5. The zero-order valence-electron chi connectivity index (χ0n) is 12.5. The molecule has 0 bridgehead atoms. The van der Waals surface area contributed by atoms with E-state index in [1.807, 2.05) is 0 Å². The van der Waals surface area contributed by atoms with Crippen molar-refractivity contribution in [3.63, 3.8) is 0 Å². The highest BCUT2D eigenvalue weighted by Gasteiger charge is 2.22. The largest absolute Gasteiger partial charge is 0.673 e. The van der Waals surface area contributed by atoms with Gasteiger partial charge in [0, 0.05) is 5.56 Å². The Morgan fingerprint density at radius 1 is 0.909 bits per heavy atom. The fourth-order valence-corrected chi connectivity index (χ4v) is 3.56. The van der Waals surface area contributed by atoms with E-state index in [9.17, 15) is 17.3 Å². The van der Waals surface area contributed by atoms with Crippen molar-refractivity contribution in [2.75, 3.05) is 12.5 Å². The van der Waals surface area contributed by atoms with Gasteiger partial charge in [-0.3, -0.25) is 0 Å². The third-order valence-corrected chi connectivity index (χ3v) is 4.28. The van der Waals surface area contributed by atoms with Crippen LogP contribution in [-0.2, 0) is 23.1 Å². The van der Waals surface area contributed by atoms with Crippen molar-refractivity contribution in [1.29, 1.82) is 0 Å². The number of hydrogen-bond acceptors (Lipinski definition) is 0. The lowest BCUT2D eigenvalue weighted by molar-refractivity contribution is 0.368. The van der Waals surface area contributed by atoms with E-state index < -0.39 is 7.25 Å². The van der Waals surface area contributed by atoms with Gasteiger partial charge in [0.15, 0.2) is 0 Å². The minimum absolute atomic E-state index is 0.476. The minimum atomic E-state index is -6.00. The van der Waals surface area contributed by atoms with Gasteiger partial charge in [0.1, 0.15) is 5.75 Å². The first-order chi connectivity index (χ1) is 10.3. The first-order valence-corrected chi connectivity index (χ1v) is 9.07. The molecule has 0 aliphatic heterocycles. The maximum absolute atomic E-state index is 9.75. The molecule has 0 heterocycles. The molecule has 0 saturated heterocycles. The Morgan fingerprint density at radius 2 is 1.50 bits per heavy atom. The van der Waals surface area contributed by atoms with E-state index in [1.165, 1.54) is 22.4 Å². The summed E-state index contributed by atoms with van der Waals surface area (Å²) >= 11 is 0. The molecule has 0 unspecified atom stereocenters. The van der Waals surface area contributed by atoms with Crippen LogP contribution in [0.5, 0.6) is 0 Å². The van der Waals surface area contributed by atoms with E-state index in [0.717, 1.165) is 6.42 Å². The van der Waals surface area contributed by atoms with Gasteiger partial charge in [-0.2, -0.15) is 0 Å². The predicted molar refractivity (Wildman–Crippen MR) is 87.8 cm³/mol. The van der Waals surface area contributed by atoms with Gasteiger partial charge in [0.2, 0.25) is 0 Å². The van der Waals surface area contributed by atoms with Crippen LogP contribution in [0.3, 0.4) is 0 Å². The van der Waals surface area contributed by atoms with Crippen LogP contribution in [0.1, 0.15) is 16.7 Å². The van der Waals surface area contributed by atoms with E-state index >= 15 is 0 Å². The maximum atomic E-state index is 9.75. The van der Waals surface area contributed by atoms with E-state index in [-0.39, 0.29) is 0 Å². The Morgan fingerprint density at radius 3 is 2.14 bits per heavy atom. The summed E-state index contributed by atoms with van der Waals surface area (Å²) in [6, 6.07) is 15.6. The summed E-state index contributed by atoms with van der Waals surface area (Å²) in [5.41, 5.74) is 7.50. The van der Waals surface area contributed by atoms with Gasteiger partial charge in [0.05, 0.1) is 12.5 Å². The second kappa shape index (κ2) is 6.77. The molecule has 0 amide bonds. The quantitative estimate of drug-likeness (QED) is 0.355. The van der Waals surface area contributed by atoms with Crippen molar-refractivity contribution in [1.82, 2.24) is 0 Å². The lowest BCUT2D eigenvalue weighted by Crippen LogP contribution is -2.02. The monoisotopic (exact) mass is 328 g/mol. The summed E-state index contributed by atoms with van der Waals surface area (Å²) in [6.45, 7) is 0. The number of fused-ring (bicyclic) bond motifs is 3. The fraction of sp³-hybridized carbons (Fsp3) is 0.250. The van der Waals surface area contributed by atoms with Crippen LogP contribution in [0.15, 0.2) is 42.5 Å². The molecule has 2 aromatic carbocycles. The lowest BCUT2D eigenvalue weighted by Gasteiger charge is -2.06. The molecule has 0 radical (unpaired) electrons. The van der Waals surface area contributed by atoms with E-state index in [1.54, 1.807) is 11.1 Å². The third kappa shape index (κ3) is 4.53. The fourth-order valence-electron chi connectivity index (χ4n) is 2.67. The van der Waals surface area contributed by atoms with E-state index in [0.29, 0.717) is 10.9 Å². The Balaban J connectivity index is 0.000000309. The first-order valence-electron chi connectivity index (χ1n) is 6.86. The molecular formula is C16H17BF4S. The smallest absolute Gasteiger partial charge is 0.418 e. The molecule has 2 aromatic rings. The van der Waals surface area contributed by atoms with Crippen molar-refractivity contribution in [2.24, 2.45) is 0 Å². The number of rotatable bonds is 2. The van der Waals surface area contributed by atoms with Crippen LogP contribution < -0.4 is 0 Å². The van der Waals surface area contributed by atoms with Crippen LogP contribution in [0.4, 0.5) is 17.3 Å². The molecule has 22 heavy (non-hydrogen) atoms. The molecule has 0 nitrogen and oxygen atoms in total. The van der Waals surface area contributed by atoms with Gasteiger partial charge in [0.25, 0.3) is 0 Å². The highest BCUT2D eigenvalue weighted by molar-refractivity contribution is 7.94. The molecule has 0 aromatic heterocycles. The third-order valence-electron chi connectivity index (χ3n) is 3.39. The predicted octanol–water partition coefficient (Wildman–Crippen LogP) is 4.94. The molecule has 0 saturated carbocycles. The summed E-state index contributed by atoms with van der Waals surface area (Å²) in [5, 5.41) is 0. The molecule has 0 N–H and O–H groups in total. The van der Waals surface area contributed by atoms with Crippen LogP contribution in [-0.4, -0.2) is 19.8 Å². The van der Waals surface area contributed by atoms with Gasteiger partial charge in [-0.1, -0.05) is 42.5 Å². The molecule has 0 spiro atoms. The second-order valence-corrected chi connectivity index (χ2v) is 7.66. The summed E-state index contributed by atoms with van der Waals surface area (Å²) in [5.74, 6) is 1.22. The summed E-state index contributed by atoms with van der Waals surface area (Å²) in [7, 11) is -5.52. The van der Waals surface area contributed by atoms with Gasteiger partial charge >= 0.3 is 7.25 Å². The van der Waals surface area contributed by atoms with Crippen LogP contribution in [0.2, 0.25) is 0 Å². The van der Waals surface area contributed by atoms with Crippen molar-refractivity contribution in [3.8, 4) is 11.1 Å². The van der Waals surface area contributed by atoms with Crippen LogP contribution in [0.25, 0.3) is 11.1 Å². The Kier molecular flexibility index (Phi) is 5.22. The van der Waals surface area contributed by atoms with E-state index in [2.05, 4.69) is 55.0 Å². The molecular weight excluding hydrogens is 311 g/mol. The van der Waals surface area contributed by atoms with Gasteiger partial charge in [-0.05, 0) is 39.6 Å². The average molecular weight is 328 g/mol. The Bertz CT molecular complexity index is 647. The zero-order valence-corrected chi connectivity index (χ0v) is 13.3. The SMILES string of the molecule is C[S+](C)Cc1cccc2c1Cc1ccccc1-2.F[B-](F)(F)F. The number of hydrogen-bond donors (Lipinski definition) is 0. The first kappa shape index (κ1) is 16.9. The topological polar surface area (TPSA) is 0 Å². The second-order valence-electron chi connectivity index (χ2n) is 5.40. The number of halogens is 4. The minimum Gasteiger partial charge on any atom is -0.418 e. The molecule has 118 valence electrons. The highest BCUT2D eigenvalue weighted by atomic mass is 32.2. The standard InChI is InChI=1S/C16H17S.BF4/c1-17(2)11-13-7-5-9-15-14-8-4-3-6-12(14)10-16(13)15;2-1(3,4)5/h3-9H,10-11H2,1-2H3;/q+1;-1. The lowest BCUT2D eigenvalue weighted by atomic mass is 10.0. The van der Waals surface area contributed by atoms with Crippen molar-refractivity contribution >= 4 is 18.1 Å². The van der Waals surface area contributed by atoms with Crippen molar-refractivity contribution in [2.45, 2.75) is 12.2 Å². The molecule has 0 atom stereocenters. The number of benzene rings is 2. The summed E-state index contributed by atoms with van der Waals surface area (Å²) < 4.78 is 39.0. The molecule has 6 heteroatoms. The maximum Gasteiger partial charge on any atom is 0.673 e. The molecule has 1 aliphatic carbocycles. The van der Waals surface area contributed by atoms with Crippen molar-refractivity contribution in [3.05, 3.63) is 59.2 Å². The Hall–Kier alpha value is -1.43. The van der Waals surface area contributed by atoms with Crippen LogP contribution in [0, 0.1) is 0 Å². The summed E-state index contributed by atoms with van der Waals surface area (Å²) in [6.07, 6.45) is 5.77. The molecule has 0 fully saturated rings. The van der Waals surface area contributed by atoms with Crippen LogP contribution >= 0.6 is 0 Å². The van der Waals surface area contributed by atoms with Gasteiger partial charge < -0.3 is 17.3 Å². The summed E-state index contributed by atoms with van der Waals surface area (Å²) in [4.78, 5) is 0. The van der Waals surface area contributed by atoms with Crippen molar-refractivity contribution < 1.29 is 17.3 Å². The average Bonchev–Trinajstić information content (AvgIpc) is 2.76. The van der Waals surface area contributed by atoms with Gasteiger partial charge in [-0.25, -0.2) is 0 Å². The van der Waals surface area contributed by atoms with Gasteiger partial charge in [-0.15, -0.1) is 0 Å². The Labute approximate surface area is 131 Å². The zero-order chi connectivity index (χ0) is 16.3. The molecule has 3 rings (SSSR count). The van der Waals surface area contributed by atoms with E-state index in [4.69, 9.17) is 0 Å². The highest BCUT2D eigenvalue weighted by Crippen LogP contribution is 2.38.